The predicted octanol–water partition coefficient (Wildman–Crippen LogP) is 4.59. The molecular weight excluding hydrogens is 470 g/mol. The third-order valence-electron chi connectivity index (χ3n) is 6.56. The van der Waals surface area contributed by atoms with Crippen molar-refractivity contribution in [3.63, 3.8) is 0 Å². The molecule has 194 valence electrons. The molecule has 1 amide bonds. The number of hydrogen-bond donors (Lipinski definition) is 2. The largest absolute Gasteiger partial charge is 0.492 e. The second-order valence-electron chi connectivity index (χ2n) is 9.16. The van der Waals surface area contributed by atoms with Crippen molar-refractivity contribution in [2.24, 2.45) is 5.73 Å². The third kappa shape index (κ3) is 5.56. The Morgan fingerprint density at radius 1 is 1.08 bits per heavy atom. The van der Waals surface area contributed by atoms with Crippen molar-refractivity contribution >= 4 is 23.0 Å². The van der Waals surface area contributed by atoms with Gasteiger partial charge in [-0.25, -0.2) is 0 Å². The summed E-state index contributed by atoms with van der Waals surface area (Å²) >= 11 is 0. The van der Waals surface area contributed by atoms with E-state index in [9.17, 15) is 4.79 Å². The van der Waals surface area contributed by atoms with E-state index in [2.05, 4.69) is 27.3 Å². The third-order valence-corrected chi connectivity index (χ3v) is 6.56. The summed E-state index contributed by atoms with van der Waals surface area (Å²) in [6, 6.07) is 14.0. The second-order valence-corrected chi connectivity index (χ2v) is 9.16. The van der Waals surface area contributed by atoms with Gasteiger partial charge in [-0.05, 0) is 74.7 Å². The van der Waals surface area contributed by atoms with Crippen LogP contribution in [-0.2, 0) is 6.54 Å². The smallest absolute Gasteiger partial charge is 0.295 e. The normalized spacial score (nSPS) is 14.6. The lowest BCUT2D eigenvalue weighted by Gasteiger charge is -2.32. The van der Waals surface area contributed by atoms with Gasteiger partial charge in [0.1, 0.15) is 22.7 Å². The molecule has 0 saturated carbocycles. The number of piperidine rings is 1. The van der Waals surface area contributed by atoms with Crippen LogP contribution in [0.25, 0.3) is 16.8 Å². The number of carbonyl (C=O) groups is 1. The van der Waals surface area contributed by atoms with Gasteiger partial charge in [0.2, 0.25) is 5.91 Å². The van der Waals surface area contributed by atoms with Crippen LogP contribution in [0.2, 0.25) is 0 Å². The number of hydrogen-bond acceptors (Lipinski definition) is 7. The van der Waals surface area contributed by atoms with Gasteiger partial charge in [-0.15, -0.1) is 0 Å². The summed E-state index contributed by atoms with van der Waals surface area (Å²) in [7, 11) is 0. The van der Waals surface area contributed by atoms with Crippen LogP contribution in [-0.4, -0.2) is 52.7 Å². The molecule has 1 aliphatic heterocycles. The lowest BCUT2D eigenvalue weighted by Crippen LogP contribution is -2.38. The topological polar surface area (TPSA) is 108 Å². The van der Waals surface area contributed by atoms with Crippen LogP contribution in [0.5, 0.6) is 11.5 Å². The Balaban J connectivity index is 1.24. The summed E-state index contributed by atoms with van der Waals surface area (Å²) < 4.78 is 19.9. The first kappa shape index (κ1) is 24.7. The number of likely N-dealkylation sites (tertiary alicyclic amines) is 1. The maximum atomic E-state index is 11.4. The van der Waals surface area contributed by atoms with E-state index < -0.39 is 5.91 Å². The van der Waals surface area contributed by atoms with Gasteiger partial charge in [-0.3, -0.25) is 9.69 Å². The number of aromatic nitrogens is 2. The van der Waals surface area contributed by atoms with Crippen molar-refractivity contribution in [2.45, 2.75) is 39.3 Å². The fourth-order valence-electron chi connectivity index (χ4n) is 4.81. The lowest BCUT2D eigenvalue weighted by atomic mass is 10.0. The highest BCUT2D eigenvalue weighted by Gasteiger charge is 2.22. The predicted molar refractivity (Wildman–Crippen MR) is 143 cm³/mol. The van der Waals surface area contributed by atoms with Crippen LogP contribution in [0.3, 0.4) is 0 Å². The Kier molecular flexibility index (Phi) is 7.32. The monoisotopic (exact) mass is 503 g/mol. The number of rotatable bonds is 10. The minimum Gasteiger partial charge on any atom is -0.492 e. The molecule has 1 aliphatic rings. The van der Waals surface area contributed by atoms with Crippen molar-refractivity contribution in [3.8, 4) is 17.2 Å². The van der Waals surface area contributed by atoms with E-state index in [4.69, 9.17) is 19.6 Å². The van der Waals surface area contributed by atoms with E-state index in [1.54, 1.807) is 18.2 Å². The van der Waals surface area contributed by atoms with Crippen LogP contribution in [0.15, 0.2) is 59.3 Å². The van der Waals surface area contributed by atoms with Gasteiger partial charge in [-0.1, -0.05) is 0 Å². The van der Waals surface area contributed by atoms with Gasteiger partial charge in [0.15, 0.2) is 5.58 Å². The first-order valence-corrected chi connectivity index (χ1v) is 12.8. The minimum atomic E-state index is -0.479. The molecule has 0 bridgehead atoms. The van der Waals surface area contributed by atoms with Crippen LogP contribution in [0.1, 0.15) is 42.6 Å². The van der Waals surface area contributed by atoms with E-state index in [0.717, 1.165) is 49.7 Å². The Bertz CT molecular complexity index is 1330. The van der Waals surface area contributed by atoms with Crippen LogP contribution in [0.4, 0.5) is 6.01 Å². The van der Waals surface area contributed by atoms with E-state index >= 15 is 0 Å². The first-order valence-electron chi connectivity index (χ1n) is 12.8. The molecule has 1 saturated heterocycles. The number of nitrogens with two attached hydrogens (primary N) is 1. The number of nitrogens with zero attached hydrogens (tertiary/aromatic N) is 3. The molecule has 0 aliphatic carbocycles. The first-order chi connectivity index (χ1) is 18.0. The van der Waals surface area contributed by atoms with Gasteiger partial charge in [0.05, 0.1) is 13.2 Å². The summed E-state index contributed by atoms with van der Waals surface area (Å²) in [5, 5.41) is 3.41. The van der Waals surface area contributed by atoms with Crippen molar-refractivity contribution in [3.05, 3.63) is 66.0 Å². The zero-order chi connectivity index (χ0) is 25.8. The number of carbonyl (C=O) groups excluding carboxylic acids is 1. The number of benzene rings is 2. The van der Waals surface area contributed by atoms with E-state index in [-0.39, 0.29) is 6.04 Å². The van der Waals surface area contributed by atoms with Crippen molar-refractivity contribution < 1.29 is 18.7 Å². The zero-order valence-electron chi connectivity index (χ0n) is 21.3. The molecule has 9 heteroatoms. The average molecular weight is 504 g/mol. The fraction of sp³-hybridized carbons (Fsp3) is 0.357. The van der Waals surface area contributed by atoms with Crippen LogP contribution in [0, 0.1) is 0 Å². The van der Waals surface area contributed by atoms with Gasteiger partial charge in [-0.2, -0.15) is 4.98 Å². The summed E-state index contributed by atoms with van der Waals surface area (Å²) in [5.74, 6) is 1.17. The second kappa shape index (κ2) is 11.0. The molecule has 0 unspecified atom stereocenters. The summed E-state index contributed by atoms with van der Waals surface area (Å²) in [4.78, 5) is 18.4. The molecule has 9 nitrogen and oxygen atoms in total. The van der Waals surface area contributed by atoms with Crippen molar-refractivity contribution in [2.75, 3.05) is 31.6 Å². The molecular formula is C28H33N5O4. The Morgan fingerprint density at radius 3 is 2.38 bits per heavy atom. The van der Waals surface area contributed by atoms with Crippen molar-refractivity contribution in [1.29, 1.82) is 0 Å². The molecule has 2 aromatic heterocycles. The number of oxazole rings is 1. The Labute approximate surface area is 216 Å². The van der Waals surface area contributed by atoms with Gasteiger partial charge < -0.3 is 29.5 Å². The van der Waals surface area contributed by atoms with Crippen LogP contribution >= 0.6 is 0 Å². The molecule has 0 radical (unpaired) electrons. The molecule has 2 aromatic carbocycles. The minimum absolute atomic E-state index is 0.258. The highest BCUT2D eigenvalue weighted by molar-refractivity contribution is 5.96. The van der Waals surface area contributed by atoms with E-state index in [1.807, 2.05) is 42.9 Å². The van der Waals surface area contributed by atoms with Gasteiger partial charge in [0.25, 0.3) is 6.01 Å². The molecule has 37 heavy (non-hydrogen) atoms. The SMILES string of the molecule is CCOc1cc(CN2CCC(Nc3nc4cc(C(N)=O)ccc4o3)CC2)cc(OCC)c1-n1cccc1. The summed E-state index contributed by atoms with van der Waals surface area (Å²) in [5.41, 5.74) is 9.14. The number of primary amides is 1. The summed E-state index contributed by atoms with van der Waals surface area (Å²) in [6.45, 7) is 7.86. The molecule has 0 atom stereocenters. The highest BCUT2D eigenvalue weighted by atomic mass is 16.5. The maximum Gasteiger partial charge on any atom is 0.295 e. The van der Waals surface area contributed by atoms with Gasteiger partial charge in [0, 0.05) is 43.6 Å². The Morgan fingerprint density at radius 2 is 1.76 bits per heavy atom. The molecule has 5 rings (SSSR count). The van der Waals surface area contributed by atoms with Crippen molar-refractivity contribution in [1.82, 2.24) is 14.5 Å². The fourth-order valence-corrected chi connectivity index (χ4v) is 4.81. The number of anilines is 1. The zero-order valence-corrected chi connectivity index (χ0v) is 21.3. The number of amides is 1. The molecule has 4 aromatic rings. The molecule has 1 fully saturated rings. The van der Waals surface area contributed by atoms with E-state index in [0.29, 0.717) is 35.9 Å². The van der Waals surface area contributed by atoms with E-state index in [1.165, 1.54) is 5.56 Å². The van der Waals surface area contributed by atoms with Gasteiger partial charge >= 0.3 is 0 Å². The molecule has 0 spiro atoms. The van der Waals surface area contributed by atoms with Crippen LogP contribution < -0.4 is 20.5 Å². The molecule has 3 heterocycles. The highest BCUT2D eigenvalue weighted by Crippen LogP contribution is 2.35. The Hall–Kier alpha value is -3.98. The maximum absolute atomic E-state index is 11.4. The molecule has 3 N–H and O–H groups in total. The standard InChI is InChI=1S/C28H33N5O4/c1-3-35-24-15-19(16-25(36-4-2)26(24)33-11-5-6-12-33)18-32-13-9-21(10-14-32)30-28-31-22-17-20(27(29)34)7-8-23(22)37-28/h5-8,11-12,15-17,21H,3-4,9-10,13-14,18H2,1-2H3,(H2,29,34)(H,30,31). The lowest BCUT2D eigenvalue weighted by molar-refractivity contribution is 0.100. The number of fused-ring (bicyclic) bond motifs is 1. The summed E-state index contributed by atoms with van der Waals surface area (Å²) in [6.07, 6.45) is 5.93. The number of ether oxygens (including phenoxy) is 2. The number of nitrogens with one attached hydrogen (secondary N) is 1. The quantitative estimate of drug-likeness (QED) is 0.326. The average Bonchev–Trinajstić information content (AvgIpc) is 3.55.